The van der Waals surface area contributed by atoms with Crippen LogP contribution in [-0.4, -0.2) is 31.5 Å². The maximum atomic E-state index is 12.3. The fourth-order valence-electron chi connectivity index (χ4n) is 2.81. The summed E-state index contributed by atoms with van der Waals surface area (Å²) >= 11 is 5.98. The highest BCUT2D eigenvalue weighted by molar-refractivity contribution is 6.32. The summed E-state index contributed by atoms with van der Waals surface area (Å²) in [7, 11) is 0. The second kappa shape index (κ2) is 9.11. The molecule has 0 aliphatic carbocycles. The minimum atomic E-state index is -0.362. The smallest absolute Gasteiger partial charge is 0.227 e. The molecular weight excluding hydrogens is 364 g/mol. The van der Waals surface area contributed by atoms with Gasteiger partial charge in [-0.2, -0.15) is 0 Å². The maximum Gasteiger partial charge on any atom is 0.227 e. The van der Waals surface area contributed by atoms with Crippen molar-refractivity contribution in [2.24, 2.45) is 5.92 Å². The normalized spacial score (nSPS) is 15.8. The van der Waals surface area contributed by atoms with Gasteiger partial charge in [-0.3, -0.25) is 9.59 Å². The first-order valence-electron chi connectivity index (χ1n) is 8.61. The molecule has 1 aliphatic heterocycles. The van der Waals surface area contributed by atoms with E-state index in [-0.39, 0.29) is 37.3 Å². The molecule has 1 heterocycles. The number of rotatable bonds is 5. The van der Waals surface area contributed by atoms with Crippen LogP contribution < -0.4 is 15.0 Å². The molecular formula is C21H19ClN2O3. The average molecular weight is 383 g/mol. The van der Waals surface area contributed by atoms with Crippen LogP contribution in [0.1, 0.15) is 6.42 Å². The van der Waals surface area contributed by atoms with Crippen LogP contribution in [0.4, 0.5) is 5.69 Å². The lowest BCUT2D eigenvalue weighted by atomic mass is 10.1. The highest BCUT2D eigenvalue weighted by Crippen LogP contribution is 2.25. The summed E-state index contributed by atoms with van der Waals surface area (Å²) in [6.45, 7) is 0.780. The first-order valence-corrected chi connectivity index (χ1v) is 8.99. The maximum absolute atomic E-state index is 12.3. The molecule has 1 N–H and O–H groups in total. The van der Waals surface area contributed by atoms with Gasteiger partial charge in [0.2, 0.25) is 11.8 Å². The molecule has 2 aromatic rings. The quantitative estimate of drug-likeness (QED) is 0.809. The first kappa shape index (κ1) is 18.8. The second-order valence-electron chi connectivity index (χ2n) is 6.03. The Labute approximate surface area is 163 Å². The number of benzene rings is 2. The molecule has 1 saturated heterocycles. The van der Waals surface area contributed by atoms with E-state index >= 15 is 0 Å². The van der Waals surface area contributed by atoms with Crippen LogP contribution in [0.15, 0.2) is 54.6 Å². The highest BCUT2D eigenvalue weighted by atomic mass is 35.5. The zero-order valence-electron chi connectivity index (χ0n) is 14.7. The van der Waals surface area contributed by atoms with Crippen LogP contribution in [0.2, 0.25) is 5.02 Å². The Bertz CT molecular complexity index is 874. The fraction of sp³-hybridized carbons (Fsp3) is 0.238. The molecule has 5 nitrogen and oxygen atoms in total. The van der Waals surface area contributed by atoms with Gasteiger partial charge in [-0.15, -0.1) is 0 Å². The van der Waals surface area contributed by atoms with E-state index in [2.05, 4.69) is 17.2 Å². The van der Waals surface area contributed by atoms with E-state index in [0.29, 0.717) is 17.3 Å². The van der Waals surface area contributed by atoms with E-state index < -0.39 is 0 Å². The van der Waals surface area contributed by atoms with Gasteiger partial charge in [0.15, 0.2) is 0 Å². The third-order valence-electron chi connectivity index (χ3n) is 4.18. The van der Waals surface area contributed by atoms with Crippen molar-refractivity contribution in [3.05, 3.63) is 59.6 Å². The highest BCUT2D eigenvalue weighted by Gasteiger charge is 2.34. The number of nitrogens with zero attached hydrogens (tertiary/aromatic N) is 1. The molecule has 6 heteroatoms. The van der Waals surface area contributed by atoms with Gasteiger partial charge in [-0.05, 0) is 24.3 Å². The molecule has 0 bridgehead atoms. The van der Waals surface area contributed by atoms with Crippen LogP contribution in [0.25, 0.3) is 0 Å². The van der Waals surface area contributed by atoms with Gasteiger partial charge in [0.25, 0.3) is 0 Å². The van der Waals surface area contributed by atoms with Crippen molar-refractivity contribution in [2.75, 3.05) is 24.6 Å². The zero-order chi connectivity index (χ0) is 19.1. The summed E-state index contributed by atoms with van der Waals surface area (Å²) in [5.74, 6) is 5.67. The van der Waals surface area contributed by atoms with Gasteiger partial charge < -0.3 is 15.0 Å². The van der Waals surface area contributed by atoms with E-state index in [9.17, 15) is 9.59 Å². The predicted molar refractivity (Wildman–Crippen MR) is 105 cm³/mol. The minimum absolute atomic E-state index is 0.0411. The Morgan fingerprint density at radius 2 is 1.89 bits per heavy atom. The van der Waals surface area contributed by atoms with E-state index in [0.717, 1.165) is 5.69 Å². The Morgan fingerprint density at radius 1 is 1.15 bits per heavy atom. The van der Waals surface area contributed by atoms with Crippen molar-refractivity contribution in [1.82, 2.24) is 5.32 Å². The van der Waals surface area contributed by atoms with Crippen molar-refractivity contribution < 1.29 is 14.3 Å². The van der Waals surface area contributed by atoms with Crippen LogP contribution >= 0.6 is 11.6 Å². The summed E-state index contributed by atoms with van der Waals surface area (Å²) in [5.41, 5.74) is 0.814. The number of hydrogen-bond acceptors (Lipinski definition) is 3. The van der Waals surface area contributed by atoms with Crippen LogP contribution in [0.3, 0.4) is 0 Å². The molecule has 0 saturated carbocycles. The second-order valence-corrected chi connectivity index (χ2v) is 6.44. The molecule has 138 valence electrons. The molecule has 3 rings (SSSR count). The summed E-state index contributed by atoms with van der Waals surface area (Å²) in [4.78, 5) is 26.1. The SMILES string of the molecule is O=C(NCC#CCOc1ccccc1Cl)C1CC(=O)N(c2ccccc2)C1. The molecule has 0 aromatic heterocycles. The number of nitrogens with one attached hydrogen (secondary N) is 1. The number of carbonyl (C=O) groups excluding carboxylic acids is 2. The summed E-state index contributed by atoms with van der Waals surface area (Å²) < 4.78 is 5.45. The van der Waals surface area contributed by atoms with Gasteiger partial charge in [-0.1, -0.05) is 53.8 Å². The standard InChI is InChI=1S/C21H19ClN2O3/c22-18-10-4-5-11-19(18)27-13-7-6-12-23-21(26)16-14-20(25)24(15-16)17-8-2-1-3-9-17/h1-5,8-11,16H,12-15H2,(H,23,26). The van der Waals surface area contributed by atoms with Gasteiger partial charge in [0.05, 0.1) is 17.5 Å². The van der Waals surface area contributed by atoms with E-state index in [1.807, 2.05) is 42.5 Å². The molecule has 1 fully saturated rings. The number of anilines is 1. The first-order chi connectivity index (χ1) is 13.1. The third kappa shape index (κ3) is 5.02. The van der Waals surface area contributed by atoms with E-state index in [4.69, 9.17) is 16.3 Å². The lowest BCUT2D eigenvalue weighted by molar-refractivity contribution is -0.126. The monoisotopic (exact) mass is 382 g/mol. The van der Waals surface area contributed by atoms with Crippen molar-refractivity contribution in [2.45, 2.75) is 6.42 Å². The van der Waals surface area contributed by atoms with Gasteiger partial charge >= 0.3 is 0 Å². The number of halogens is 1. The van der Waals surface area contributed by atoms with Crippen molar-refractivity contribution in [3.8, 4) is 17.6 Å². The van der Waals surface area contributed by atoms with Crippen molar-refractivity contribution in [1.29, 1.82) is 0 Å². The molecule has 0 spiro atoms. The number of hydrogen-bond donors (Lipinski definition) is 1. The molecule has 1 atom stereocenters. The van der Waals surface area contributed by atoms with E-state index in [1.54, 1.807) is 17.0 Å². The zero-order valence-corrected chi connectivity index (χ0v) is 15.4. The fourth-order valence-corrected chi connectivity index (χ4v) is 3.00. The largest absolute Gasteiger partial charge is 0.479 e. The van der Waals surface area contributed by atoms with Crippen LogP contribution in [-0.2, 0) is 9.59 Å². The molecule has 2 aromatic carbocycles. The Hall–Kier alpha value is -2.97. The Morgan fingerprint density at radius 3 is 2.67 bits per heavy atom. The summed E-state index contributed by atoms with van der Waals surface area (Å²) in [6.07, 6.45) is 0.212. The topological polar surface area (TPSA) is 58.6 Å². The number of ether oxygens (including phenoxy) is 1. The summed E-state index contributed by atoms with van der Waals surface area (Å²) in [6, 6.07) is 16.5. The van der Waals surface area contributed by atoms with Gasteiger partial charge in [0.1, 0.15) is 12.4 Å². The Kier molecular flexibility index (Phi) is 6.35. The van der Waals surface area contributed by atoms with E-state index in [1.165, 1.54) is 0 Å². The summed E-state index contributed by atoms with van der Waals surface area (Å²) in [5, 5.41) is 3.28. The molecule has 0 radical (unpaired) electrons. The van der Waals surface area contributed by atoms with Gasteiger partial charge in [0, 0.05) is 18.7 Å². The third-order valence-corrected chi connectivity index (χ3v) is 4.49. The number of amides is 2. The van der Waals surface area contributed by atoms with Crippen molar-refractivity contribution >= 4 is 29.1 Å². The lowest BCUT2D eigenvalue weighted by Gasteiger charge is -2.16. The number of carbonyl (C=O) groups is 2. The molecule has 2 amide bonds. The molecule has 1 aliphatic rings. The predicted octanol–water partition coefficient (Wildman–Crippen LogP) is 2.89. The molecule has 27 heavy (non-hydrogen) atoms. The molecule has 1 unspecified atom stereocenters. The lowest BCUT2D eigenvalue weighted by Crippen LogP contribution is -2.33. The average Bonchev–Trinajstić information content (AvgIpc) is 3.08. The number of para-hydroxylation sites is 2. The minimum Gasteiger partial charge on any atom is -0.479 e. The van der Waals surface area contributed by atoms with Crippen LogP contribution in [0, 0.1) is 17.8 Å². The van der Waals surface area contributed by atoms with Crippen molar-refractivity contribution in [3.63, 3.8) is 0 Å². The van der Waals surface area contributed by atoms with Crippen LogP contribution in [0.5, 0.6) is 5.75 Å². The van der Waals surface area contributed by atoms with Gasteiger partial charge in [-0.25, -0.2) is 0 Å². The Balaban J connectivity index is 1.43.